The second-order valence-corrected chi connectivity index (χ2v) is 3.31. The van der Waals surface area contributed by atoms with Crippen molar-refractivity contribution in [2.75, 3.05) is 18.5 Å². The third-order valence-electron chi connectivity index (χ3n) is 2.22. The van der Waals surface area contributed by atoms with E-state index in [1.807, 2.05) is 13.1 Å². The molecular weight excluding hydrogens is 150 g/mol. The van der Waals surface area contributed by atoms with Gasteiger partial charge < -0.3 is 4.90 Å². The van der Waals surface area contributed by atoms with Crippen molar-refractivity contribution in [3.05, 3.63) is 17.6 Å². The molecule has 0 saturated heterocycles. The van der Waals surface area contributed by atoms with Gasteiger partial charge in [-0.2, -0.15) is 0 Å². The maximum Gasteiger partial charge on any atom is 0.150 e. The van der Waals surface area contributed by atoms with Crippen LogP contribution in [0.15, 0.2) is 6.20 Å². The van der Waals surface area contributed by atoms with Crippen LogP contribution in [0.1, 0.15) is 17.8 Å². The van der Waals surface area contributed by atoms with E-state index in [9.17, 15) is 0 Å². The lowest BCUT2D eigenvalue weighted by atomic mass is 10.1. The Hall–Kier alpha value is -1.12. The zero-order valence-electron chi connectivity index (χ0n) is 7.54. The predicted molar refractivity (Wildman–Crippen MR) is 48.4 cm³/mol. The molecule has 0 spiro atoms. The van der Waals surface area contributed by atoms with Gasteiger partial charge in [-0.15, -0.1) is 0 Å². The standard InChI is InChI=1S/C9H13N3/c1-7-6-10-8-4-3-5-12(2)9(8)11-7/h6H,3-5H2,1-2H3. The Morgan fingerprint density at radius 3 is 3.17 bits per heavy atom. The van der Waals surface area contributed by atoms with E-state index in [1.165, 1.54) is 6.42 Å². The lowest BCUT2D eigenvalue weighted by Crippen LogP contribution is -2.26. The van der Waals surface area contributed by atoms with Crippen molar-refractivity contribution >= 4 is 5.82 Å². The maximum absolute atomic E-state index is 4.46. The molecule has 0 aromatic carbocycles. The van der Waals surface area contributed by atoms with Gasteiger partial charge in [0.1, 0.15) is 5.82 Å². The van der Waals surface area contributed by atoms with Crippen LogP contribution >= 0.6 is 0 Å². The first-order chi connectivity index (χ1) is 5.77. The molecule has 2 rings (SSSR count). The van der Waals surface area contributed by atoms with Gasteiger partial charge in [0, 0.05) is 19.8 Å². The van der Waals surface area contributed by atoms with Crippen LogP contribution in [-0.4, -0.2) is 23.6 Å². The maximum atomic E-state index is 4.46. The predicted octanol–water partition coefficient (Wildman–Crippen LogP) is 1.17. The normalized spacial score (nSPS) is 16.0. The summed E-state index contributed by atoms with van der Waals surface area (Å²) in [5, 5.41) is 0. The zero-order valence-corrected chi connectivity index (χ0v) is 7.54. The van der Waals surface area contributed by atoms with Gasteiger partial charge in [0.05, 0.1) is 11.4 Å². The fourth-order valence-corrected chi connectivity index (χ4v) is 1.56. The van der Waals surface area contributed by atoms with Crippen LogP contribution in [0.5, 0.6) is 0 Å². The number of aryl methyl sites for hydroxylation is 2. The van der Waals surface area contributed by atoms with Crippen LogP contribution in [0.2, 0.25) is 0 Å². The largest absolute Gasteiger partial charge is 0.358 e. The molecule has 0 radical (unpaired) electrons. The Morgan fingerprint density at radius 2 is 2.33 bits per heavy atom. The summed E-state index contributed by atoms with van der Waals surface area (Å²) in [5.74, 6) is 1.07. The highest BCUT2D eigenvalue weighted by atomic mass is 15.2. The Bertz CT molecular complexity index is 296. The summed E-state index contributed by atoms with van der Waals surface area (Å²) in [6.07, 6.45) is 4.12. The Morgan fingerprint density at radius 1 is 1.50 bits per heavy atom. The highest BCUT2D eigenvalue weighted by molar-refractivity contribution is 5.44. The minimum atomic E-state index is 1.00. The lowest BCUT2D eigenvalue weighted by Gasteiger charge is -2.25. The summed E-state index contributed by atoms with van der Waals surface area (Å²) >= 11 is 0. The molecule has 0 bridgehead atoms. The number of aromatic nitrogens is 2. The number of hydrogen-bond acceptors (Lipinski definition) is 3. The first-order valence-corrected chi connectivity index (χ1v) is 4.31. The van der Waals surface area contributed by atoms with Crippen molar-refractivity contribution in [3.63, 3.8) is 0 Å². The van der Waals surface area contributed by atoms with Crippen LogP contribution in [0.4, 0.5) is 5.82 Å². The summed E-state index contributed by atoms with van der Waals surface area (Å²) in [4.78, 5) is 11.0. The molecule has 1 aliphatic rings. The summed E-state index contributed by atoms with van der Waals surface area (Å²) in [6.45, 7) is 3.08. The van der Waals surface area contributed by atoms with Crippen molar-refractivity contribution in [2.24, 2.45) is 0 Å². The van der Waals surface area contributed by atoms with E-state index >= 15 is 0 Å². The van der Waals surface area contributed by atoms with E-state index in [1.54, 1.807) is 0 Å². The summed E-state index contributed by atoms with van der Waals surface area (Å²) in [6, 6.07) is 0. The molecule has 0 amide bonds. The van der Waals surface area contributed by atoms with Gasteiger partial charge in [-0.25, -0.2) is 4.98 Å². The summed E-state index contributed by atoms with van der Waals surface area (Å²) < 4.78 is 0. The van der Waals surface area contributed by atoms with Crippen molar-refractivity contribution in [3.8, 4) is 0 Å². The first-order valence-electron chi connectivity index (χ1n) is 4.31. The Kier molecular flexibility index (Phi) is 1.71. The molecule has 1 aliphatic heterocycles. The summed E-state index contributed by atoms with van der Waals surface area (Å²) in [7, 11) is 2.08. The molecule has 0 fully saturated rings. The van der Waals surface area contributed by atoms with Crippen molar-refractivity contribution in [1.82, 2.24) is 9.97 Å². The van der Waals surface area contributed by atoms with E-state index in [0.29, 0.717) is 0 Å². The molecule has 3 heteroatoms. The van der Waals surface area contributed by atoms with Crippen molar-refractivity contribution < 1.29 is 0 Å². The van der Waals surface area contributed by atoms with E-state index in [2.05, 4.69) is 21.9 Å². The minimum absolute atomic E-state index is 1.00. The SMILES string of the molecule is Cc1cnc2c(n1)N(C)CCC2. The van der Waals surface area contributed by atoms with Gasteiger partial charge in [-0.3, -0.25) is 4.98 Å². The zero-order chi connectivity index (χ0) is 8.55. The number of hydrogen-bond donors (Lipinski definition) is 0. The number of fused-ring (bicyclic) bond motifs is 1. The van der Waals surface area contributed by atoms with Gasteiger partial charge in [0.2, 0.25) is 0 Å². The first kappa shape index (κ1) is 7.53. The van der Waals surface area contributed by atoms with Crippen molar-refractivity contribution in [2.45, 2.75) is 19.8 Å². The smallest absolute Gasteiger partial charge is 0.150 e. The Labute approximate surface area is 72.4 Å². The molecule has 0 unspecified atom stereocenters. The van der Waals surface area contributed by atoms with Gasteiger partial charge in [0.25, 0.3) is 0 Å². The van der Waals surface area contributed by atoms with Crippen LogP contribution in [0.25, 0.3) is 0 Å². The fourth-order valence-electron chi connectivity index (χ4n) is 1.56. The Balaban J connectivity index is 2.47. The summed E-state index contributed by atoms with van der Waals surface area (Å²) in [5.41, 5.74) is 2.15. The fraction of sp³-hybridized carbons (Fsp3) is 0.556. The van der Waals surface area contributed by atoms with Gasteiger partial charge in [0.15, 0.2) is 0 Å². The van der Waals surface area contributed by atoms with E-state index in [0.717, 1.165) is 30.2 Å². The highest BCUT2D eigenvalue weighted by Gasteiger charge is 2.15. The van der Waals surface area contributed by atoms with E-state index in [4.69, 9.17) is 0 Å². The molecule has 12 heavy (non-hydrogen) atoms. The monoisotopic (exact) mass is 163 g/mol. The topological polar surface area (TPSA) is 29.0 Å². The second kappa shape index (κ2) is 2.73. The van der Waals surface area contributed by atoms with Gasteiger partial charge in [-0.05, 0) is 19.8 Å². The van der Waals surface area contributed by atoms with Gasteiger partial charge in [-0.1, -0.05) is 0 Å². The average molecular weight is 163 g/mol. The highest BCUT2D eigenvalue weighted by Crippen LogP contribution is 2.20. The molecule has 1 aromatic rings. The van der Waals surface area contributed by atoms with Crippen LogP contribution in [0.3, 0.4) is 0 Å². The quantitative estimate of drug-likeness (QED) is 0.575. The van der Waals surface area contributed by atoms with Crippen LogP contribution < -0.4 is 4.90 Å². The third kappa shape index (κ3) is 1.15. The van der Waals surface area contributed by atoms with Crippen LogP contribution in [0, 0.1) is 6.92 Å². The van der Waals surface area contributed by atoms with Crippen LogP contribution in [-0.2, 0) is 6.42 Å². The number of nitrogens with zero attached hydrogens (tertiary/aromatic N) is 3. The molecular formula is C9H13N3. The number of anilines is 1. The van der Waals surface area contributed by atoms with Gasteiger partial charge >= 0.3 is 0 Å². The number of rotatable bonds is 0. The molecule has 3 nitrogen and oxygen atoms in total. The molecule has 0 atom stereocenters. The molecule has 0 N–H and O–H groups in total. The molecule has 0 saturated carbocycles. The molecule has 64 valence electrons. The second-order valence-electron chi connectivity index (χ2n) is 3.31. The van der Waals surface area contributed by atoms with E-state index in [-0.39, 0.29) is 0 Å². The van der Waals surface area contributed by atoms with E-state index < -0.39 is 0 Å². The molecule has 2 heterocycles. The minimum Gasteiger partial charge on any atom is -0.358 e. The lowest BCUT2D eigenvalue weighted by molar-refractivity contribution is 0.706. The van der Waals surface area contributed by atoms with Crippen molar-refractivity contribution in [1.29, 1.82) is 0 Å². The third-order valence-corrected chi connectivity index (χ3v) is 2.22. The molecule has 1 aromatic heterocycles. The average Bonchev–Trinajstić information content (AvgIpc) is 2.07. The molecule has 0 aliphatic carbocycles.